The standard InChI is InChI=1S/C24H27F3N4O3S/c1-30(21-11-6-17(15-28)22(14-21)24(25,26)27)19-12-7-18(8-13-19)29-23(32)16-4-9-20(10-5-16)31(2)35(3,33)34/h4-6,9-11,14,18-19H,7-8,12-13H2,1-3H3,(H,29,32). The zero-order chi connectivity index (χ0) is 26.0. The van der Waals surface area contributed by atoms with E-state index in [4.69, 9.17) is 5.26 Å². The summed E-state index contributed by atoms with van der Waals surface area (Å²) in [6.07, 6.45) is -0.821. The molecule has 1 fully saturated rings. The van der Waals surface area contributed by atoms with Gasteiger partial charge < -0.3 is 10.2 Å². The van der Waals surface area contributed by atoms with Gasteiger partial charge in [0.1, 0.15) is 0 Å². The summed E-state index contributed by atoms with van der Waals surface area (Å²) < 4.78 is 64.3. The molecule has 0 atom stereocenters. The Kier molecular flexibility index (Phi) is 7.65. The van der Waals surface area contributed by atoms with Crippen LogP contribution in [0.3, 0.4) is 0 Å². The zero-order valence-electron chi connectivity index (χ0n) is 19.6. The molecule has 0 bridgehead atoms. The molecule has 1 saturated carbocycles. The fraction of sp³-hybridized carbons (Fsp3) is 0.417. The number of carbonyl (C=O) groups excluding carboxylic acids is 1. The van der Waals surface area contributed by atoms with Crippen molar-refractivity contribution in [3.63, 3.8) is 0 Å². The Bertz CT molecular complexity index is 1220. The fourth-order valence-electron chi connectivity index (χ4n) is 4.18. The number of nitriles is 1. The molecule has 2 aromatic rings. The van der Waals surface area contributed by atoms with Crippen molar-refractivity contribution in [2.45, 2.75) is 43.9 Å². The number of carbonyl (C=O) groups is 1. The topological polar surface area (TPSA) is 93.5 Å². The van der Waals surface area contributed by atoms with Crippen molar-refractivity contribution in [3.05, 3.63) is 59.2 Å². The number of anilines is 2. The van der Waals surface area contributed by atoms with Gasteiger partial charge in [0, 0.05) is 37.4 Å². The fourth-order valence-corrected chi connectivity index (χ4v) is 4.69. The van der Waals surface area contributed by atoms with Crippen molar-refractivity contribution in [1.29, 1.82) is 5.26 Å². The van der Waals surface area contributed by atoms with E-state index >= 15 is 0 Å². The van der Waals surface area contributed by atoms with Crippen LogP contribution >= 0.6 is 0 Å². The van der Waals surface area contributed by atoms with Crippen molar-refractivity contribution in [1.82, 2.24) is 5.32 Å². The second kappa shape index (κ2) is 10.2. The van der Waals surface area contributed by atoms with Crippen LogP contribution in [0.4, 0.5) is 24.5 Å². The van der Waals surface area contributed by atoms with Crippen LogP contribution in [0, 0.1) is 11.3 Å². The van der Waals surface area contributed by atoms with E-state index in [9.17, 15) is 26.4 Å². The van der Waals surface area contributed by atoms with Gasteiger partial charge in [-0.15, -0.1) is 0 Å². The van der Waals surface area contributed by atoms with Gasteiger partial charge in [-0.2, -0.15) is 18.4 Å². The summed E-state index contributed by atoms with van der Waals surface area (Å²) >= 11 is 0. The summed E-state index contributed by atoms with van der Waals surface area (Å²) in [5.74, 6) is -0.266. The van der Waals surface area contributed by atoms with Crippen LogP contribution < -0.4 is 14.5 Å². The Balaban J connectivity index is 1.59. The second-order valence-corrected chi connectivity index (χ2v) is 10.7. The number of nitrogens with zero attached hydrogens (tertiary/aromatic N) is 3. The van der Waals surface area contributed by atoms with Gasteiger partial charge in [-0.05, 0) is 68.1 Å². The average Bonchev–Trinajstić information content (AvgIpc) is 2.82. The van der Waals surface area contributed by atoms with E-state index in [-0.39, 0.29) is 18.0 Å². The lowest BCUT2D eigenvalue weighted by molar-refractivity contribution is -0.137. The Labute approximate surface area is 203 Å². The maximum Gasteiger partial charge on any atom is 0.417 e. The number of alkyl halides is 3. The molecule has 0 spiro atoms. The molecule has 0 aliphatic heterocycles. The van der Waals surface area contributed by atoms with E-state index in [0.717, 1.165) is 16.6 Å². The summed E-state index contributed by atoms with van der Waals surface area (Å²) in [5, 5.41) is 12.0. The molecular weight excluding hydrogens is 481 g/mol. The van der Waals surface area contributed by atoms with Crippen LogP contribution in [-0.2, 0) is 16.2 Å². The van der Waals surface area contributed by atoms with E-state index < -0.39 is 27.3 Å². The first-order valence-corrected chi connectivity index (χ1v) is 12.8. The lowest BCUT2D eigenvalue weighted by Crippen LogP contribution is -2.43. The SMILES string of the molecule is CN(c1ccc(C#N)c(C(F)(F)F)c1)C1CCC(NC(=O)c2ccc(N(C)S(C)(=O)=O)cc2)CC1. The molecule has 3 rings (SSSR count). The lowest BCUT2D eigenvalue weighted by atomic mass is 9.89. The highest BCUT2D eigenvalue weighted by Gasteiger charge is 2.35. The van der Waals surface area contributed by atoms with Crippen LogP contribution in [0.1, 0.15) is 47.2 Å². The molecule has 1 aliphatic carbocycles. The molecule has 0 heterocycles. The van der Waals surface area contributed by atoms with E-state index in [1.807, 2.05) is 0 Å². The molecule has 11 heteroatoms. The van der Waals surface area contributed by atoms with Crippen molar-refractivity contribution < 1.29 is 26.4 Å². The minimum atomic E-state index is -4.61. The summed E-state index contributed by atoms with van der Waals surface area (Å²) in [6.45, 7) is 0. The number of benzene rings is 2. The number of halogens is 3. The second-order valence-electron chi connectivity index (χ2n) is 8.71. The molecule has 0 saturated heterocycles. The third kappa shape index (κ3) is 6.25. The first-order valence-electron chi connectivity index (χ1n) is 11.0. The highest BCUT2D eigenvalue weighted by atomic mass is 32.2. The third-order valence-electron chi connectivity index (χ3n) is 6.41. The van der Waals surface area contributed by atoms with Crippen LogP contribution in [0.5, 0.6) is 0 Å². The number of hydrogen-bond donors (Lipinski definition) is 1. The summed E-state index contributed by atoms with van der Waals surface area (Å²) in [5.41, 5.74) is -0.102. The number of amides is 1. The quantitative estimate of drug-likeness (QED) is 0.633. The minimum Gasteiger partial charge on any atom is -0.372 e. The third-order valence-corrected chi connectivity index (χ3v) is 7.61. The summed E-state index contributed by atoms with van der Waals surface area (Å²) in [6, 6.07) is 11.5. The molecule has 0 radical (unpaired) electrons. The molecule has 0 aromatic heterocycles. The highest BCUT2D eigenvalue weighted by molar-refractivity contribution is 7.92. The van der Waals surface area contributed by atoms with Crippen molar-refractivity contribution in [2.24, 2.45) is 0 Å². The van der Waals surface area contributed by atoms with Gasteiger partial charge in [0.2, 0.25) is 10.0 Å². The van der Waals surface area contributed by atoms with Crippen LogP contribution in [0.2, 0.25) is 0 Å². The average molecular weight is 509 g/mol. The van der Waals surface area contributed by atoms with Gasteiger partial charge in [0.05, 0.1) is 29.1 Å². The molecule has 1 N–H and O–H groups in total. The molecule has 7 nitrogen and oxygen atoms in total. The predicted molar refractivity (Wildman–Crippen MR) is 128 cm³/mol. The largest absolute Gasteiger partial charge is 0.417 e. The van der Waals surface area contributed by atoms with E-state index in [1.165, 1.54) is 19.2 Å². The van der Waals surface area contributed by atoms with Gasteiger partial charge in [0.25, 0.3) is 5.91 Å². The van der Waals surface area contributed by atoms with E-state index in [0.29, 0.717) is 42.6 Å². The highest BCUT2D eigenvalue weighted by Crippen LogP contribution is 2.35. The smallest absolute Gasteiger partial charge is 0.372 e. The monoisotopic (exact) mass is 508 g/mol. The van der Waals surface area contributed by atoms with Crippen molar-refractivity contribution in [3.8, 4) is 6.07 Å². The van der Waals surface area contributed by atoms with Gasteiger partial charge in [-0.3, -0.25) is 9.10 Å². The molecule has 188 valence electrons. The van der Waals surface area contributed by atoms with Gasteiger partial charge >= 0.3 is 6.18 Å². The number of sulfonamides is 1. The van der Waals surface area contributed by atoms with Crippen molar-refractivity contribution in [2.75, 3.05) is 29.6 Å². The maximum atomic E-state index is 13.3. The molecular formula is C24H27F3N4O3S. The number of rotatable bonds is 6. The number of hydrogen-bond acceptors (Lipinski definition) is 5. The van der Waals surface area contributed by atoms with Crippen LogP contribution in [0.15, 0.2) is 42.5 Å². The molecule has 35 heavy (non-hydrogen) atoms. The molecule has 2 aromatic carbocycles. The summed E-state index contributed by atoms with van der Waals surface area (Å²) in [7, 11) is -0.230. The number of nitrogens with one attached hydrogen (secondary N) is 1. The Hall–Kier alpha value is -3.26. The molecule has 0 unspecified atom stereocenters. The lowest BCUT2D eigenvalue weighted by Gasteiger charge is -2.36. The summed E-state index contributed by atoms with van der Waals surface area (Å²) in [4.78, 5) is 14.4. The molecule has 1 amide bonds. The van der Waals surface area contributed by atoms with Crippen LogP contribution in [-0.4, -0.2) is 46.8 Å². The first kappa shape index (κ1) is 26.3. The molecule has 1 aliphatic rings. The van der Waals surface area contributed by atoms with Crippen LogP contribution in [0.25, 0.3) is 0 Å². The first-order chi connectivity index (χ1) is 16.3. The Morgan fingerprint density at radius 2 is 1.60 bits per heavy atom. The van der Waals surface area contributed by atoms with E-state index in [2.05, 4.69) is 5.32 Å². The maximum absolute atomic E-state index is 13.3. The van der Waals surface area contributed by atoms with Crippen molar-refractivity contribution >= 4 is 27.3 Å². The normalized spacial score (nSPS) is 18.4. The Morgan fingerprint density at radius 1 is 1.03 bits per heavy atom. The zero-order valence-corrected chi connectivity index (χ0v) is 20.4. The Morgan fingerprint density at radius 3 is 2.11 bits per heavy atom. The van der Waals surface area contributed by atoms with Gasteiger partial charge in [0.15, 0.2) is 0 Å². The van der Waals surface area contributed by atoms with E-state index in [1.54, 1.807) is 42.3 Å². The predicted octanol–water partition coefficient (Wildman–Crippen LogP) is 4.15. The van der Waals surface area contributed by atoms with Gasteiger partial charge in [-0.25, -0.2) is 8.42 Å². The van der Waals surface area contributed by atoms with Gasteiger partial charge in [-0.1, -0.05) is 0 Å². The minimum absolute atomic E-state index is 0.00276.